The van der Waals surface area contributed by atoms with Gasteiger partial charge in [-0.2, -0.15) is 0 Å². The molecule has 0 aliphatic carbocycles. The van der Waals surface area contributed by atoms with Gasteiger partial charge >= 0.3 is 11.9 Å². The zero-order valence-corrected chi connectivity index (χ0v) is 22.5. The van der Waals surface area contributed by atoms with Gasteiger partial charge in [0, 0.05) is 4.47 Å². The van der Waals surface area contributed by atoms with Crippen LogP contribution in [0.2, 0.25) is 0 Å². The molecule has 0 saturated heterocycles. The molecular weight excluding hydrogens is 500 g/mol. The Kier molecular flexibility index (Phi) is 11.0. The smallest absolute Gasteiger partial charge is 0.316 e. The number of carbonyl (C=O) groups is 2. The van der Waals surface area contributed by atoms with Crippen LogP contribution in [-0.2, 0) is 31.1 Å². The second kappa shape index (κ2) is 13.2. The molecule has 1 atom stereocenters. The standard InChI is InChI=1S/C27H35BrO4S/c1-5-31-24(29)19-33-20-26(2,3)15-10-16-27(4,22-13-9-14-23(28)17-22)25(30)32-18-21-11-7-6-8-12-21/h6-9,11-14,17H,5,10,15-16,18-20H2,1-4H3. The van der Waals surface area contributed by atoms with Crippen molar-refractivity contribution in [2.75, 3.05) is 18.1 Å². The van der Waals surface area contributed by atoms with Crippen molar-refractivity contribution in [1.82, 2.24) is 0 Å². The first-order chi connectivity index (χ1) is 15.7. The predicted molar refractivity (Wildman–Crippen MR) is 139 cm³/mol. The number of carbonyl (C=O) groups excluding carboxylic acids is 2. The van der Waals surface area contributed by atoms with Crippen molar-refractivity contribution >= 4 is 39.6 Å². The average molecular weight is 536 g/mol. The number of thioether (sulfide) groups is 1. The Morgan fingerprint density at radius 1 is 0.970 bits per heavy atom. The fourth-order valence-electron chi connectivity index (χ4n) is 3.68. The Labute approximate surface area is 211 Å². The lowest BCUT2D eigenvalue weighted by atomic mass is 9.76. The highest BCUT2D eigenvalue weighted by Crippen LogP contribution is 2.36. The monoisotopic (exact) mass is 534 g/mol. The molecule has 0 aliphatic rings. The summed E-state index contributed by atoms with van der Waals surface area (Å²) in [6, 6.07) is 17.7. The van der Waals surface area contributed by atoms with Gasteiger partial charge in [0.1, 0.15) is 6.61 Å². The van der Waals surface area contributed by atoms with E-state index in [9.17, 15) is 9.59 Å². The van der Waals surface area contributed by atoms with Gasteiger partial charge in [-0.15, -0.1) is 11.8 Å². The average Bonchev–Trinajstić information content (AvgIpc) is 2.78. The van der Waals surface area contributed by atoms with Crippen LogP contribution in [0.1, 0.15) is 58.1 Å². The van der Waals surface area contributed by atoms with E-state index in [0.717, 1.165) is 34.2 Å². The van der Waals surface area contributed by atoms with E-state index in [4.69, 9.17) is 9.47 Å². The van der Waals surface area contributed by atoms with Crippen molar-refractivity contribution in [3.8, 4) is 0 Å². The summed E-state index contributed by atoms with van der Waals surface area (Å²) in [6.45, 7) is 8.88. The minimum Gasteiger partial charge on any atom is -0.465 e. The highest BCUT2D eigenvalue weighted by atomic mass is 79.9. The summed E-state index contributed by atoms with van der Waals surface area (Å²) in [7, 11) is 0. The minimum atomic E-state index is -0.743. The van der Waals surface area contributed by atoms with Gasteiger partial charge in [0.15, 0.2) is 0 Å². The number of halogens is 1. The van der Waals surface area contributed by atoms with Crippen molar-refractivity contribution < 1.29 is 19.1 Å². The highest BCUT2D eigenvalue weighted by Gasteiger charge is 2.37. The second-order valence-electron chi connectivity index (χ2n) is 9.22. The van der Waals surface area contributed by atoms with Gasteiger partial charge in [-0.1, -0.05) is 78.7 Å². The van der Waals surface area contributed by atoms with E-state index in [0.29, 0.717) is 18.8 Å². The molecule has 0 heterocycles. The van der Waals surface area contributed by atoms with Crippen LogP contribution in [0.25, 0.3) is 0 Å². The first kappa shape index (κ1) is 27.5. The molecular formula is C27H35BrO4S. The lowest BCUT2D eigenvalue weighted by Gasteiger charge is -2.30. The number of ether oxygens (including phenoxy) is 2. The molecule has 0 N–H and O–H groups in total. The molecule has 33 heavy (non-hydrogen) atoms. The van der Waals surface area contributed by atoms with Gasteiger partial charge in [-0.25, -0.2) is 0 Å². The molecule has 2 aromatic rings. The Bertz CT molecular complexity index is 900. The van der Waals surface area contributed by atoms with Crippen LogP contribution in [0, 0.1) is 5.41 Å². The van der Waals surface area contributed by atoms with Gasteiger partial charge in [-0.05, 0) is 61.1 Å². The fraction of sp³-hybridized carbons (Fsp3) is 0.481. The molecule has 0 bridgehead atoms. The van der Waals surface area contributed by atoms with E-state index in [1.165, 1.54) is 0 Å². The quantitative estimate of drug-likeness (QED) is 0.260. The van der Waals surface area contributed by atoms with Crippen molar-refractivity contribution in [3.63, 3.8) is 0 Å². The number of benzene rings is 2. The van der Waals surface area contributed by atoms with Gasteiger partial charge in [0.25, 0.3) is 0 Å². The van der Waals surface area contributed by atoms with Gasteiger partial charge in [0.2, 0.25) is 0 Å². The summed E-state index contributed by atoms with van der Waals surface area (Å²) < 4.78 is 11.7. The summed E-state index contributed by atoms with van der Waals surface area (Å²) in [5.41, 5.74) is 1.22. The third-order valence-electron chi connectivity index (χ3n) is 5.67. The van der Waals surface area contributed by atoms with Crippen molar-refractivity contribution in [2.45, 2.75) is 59.0 Å². The van der Waals surface area contributed by atoms with Crippen LogP contribution < -0.4 is 0 Å². The van der Waals surface area contributed by atoms with E-state index in [1.807, 2.05) is 68.4 Å². The summed E-state index contributed by atoms with van der Waals surface area (Å²) >= 11 is 5.14. The number of hydrogen-bond acceptors (Lipinski definition) is 5. The summed E-state index contributed by atoms with van der Waals surface area (Å²) in [6.07, 6.45) is 2.50. The van der Waals surface area contributed by atoms with E-state index in [1.54, 1.807) is 11.8 Å². The van der Waals surface area contributed by atoms with E-state index >= 15 is 0 Å². The van der Waals surface area contributed by atoms with Gasteiger partial charge in [0.05, 0.1) is 17.8 Å². The van der Waals surface area contributed by atoms with Crippen molar-refractivity contribution in [3.05, 3.63) is 70.2 Å². The van der Waals surface area contributed by atoms with Crippen LogP contribution in [0.4, 0.5) is 0 Å². The zero-order valence-electron chi connectivity index (χ0n) is 20.1. The molecule has 0 fully saturated rings. The predicted octanol–water partition coefficient (Wildman–Crippen LogP) is 6.94. The number of rotatable bonds is 13. The zero-order chi connectivity index (χ0) is 24.3. The first-order valence-electron chi connectivity index (χ1n) is 11.4. The second-order valence-corrected chi connectivity index (χ2v) is 11.1. The van der Waals surface area contributed by atoms with Crippen LogP contribution in [0.15, 0.2) is 59.1 Å². The lowest BCUT2D eigenvalue weighted by molar-refractivity contribution is -0.152. The van der Waals surface area contributed by atoms with E-state index in [-0.39, 0.29) is 24.0 Å². The van der Waals surface area contributed by atoms with Crippen LogP contribution in [-0.4, -0.2) is 30.1 Å². The molecule has 0 aliphatic heterocycles. The Morgan fingerprint density at radius 2 is 1.70 bits per heavy atom. The maximum absolute atomic E-state index is 13.3. The molecule has 0 amide bonds. The van der Waals surface area contributed by atoms with Gasteiger partial charge < -0.3 is 9.47 Å². The molecule has 6 heteroatoms. The molecule has 4 nitrogen and oxygen atoms in total. The maximum atomic E-state index is 13.3. The minimum absolute atomic E-state index is 0.0449. The van der Waals surface area contributed by atoms with Crippen LogP contribution >= 0.6 is 27.7 Å². The van der Waals surface area contributed by atoms with E-state index < -0.39 is 5.41 Å². The Morgan fingerprint density at radius 3 is 2.36 bits per heavy atom. The molecule has 0 spiro atoms. The largest absolute Gasteiger partial charge is 0.465 e. The summed E-state index contributed by atoms with van der Waals surface area (Å²) in [5, 5.41) is 0. The van der Waals surface area contributed by atoms with E-state index in [2.05, 4.69) is 29.8 Å². The van der Waals surface area contributed by atoms with Crippen LogP contribution in [0.5, 0.6) is 0 Å². The Hall–Kier alpha value is -1.79. The normalized spacial score (nSPS) is 13.2. The van der Waals surface area contributed by atoms with Crippen molar-refractivity contribution in [2.24, 2.45) is 5.41 Å². The molecule has 2 rings (SSSR count). The summed E-state index contributed by atoms with van der Waals surface area (Å²) in [5.74, 6) is 0.858. The molecule has 0 radical (unpaired) electrons. The Balaban J connectivity index is 2.02. The molecule has 2 aromatic carbocycles. The molecule has 0 saturated carbocycles. The number of hydrogen-bond donors (Lipinski definition) is 0. The third kappa shape index (κ3) is 9.17. The summed E-state index contributed by atoms with van der Waals surface area (Å²) in [4.78, 5) is 24.9. The molecule has 0 aromatic heterocycles. The van der Waals surface area contributed by atoms with Gasteiger partial charge in [-0.3, -0.25) is 9.59 Å². The lowest BCUT2D eigenvalue weighted by Crippen LogP contribution is -2.35. The SMILES string of the molecule is CCOC(=O)CSCC(C)(C)CCCC(C)(C(=O)OCc1ccccc1)c1cccc(Br)c1. The molecule has 180 valence electrons. The first-order valence-corrected chi connectivity index (χ1v) is 13.3. The van der Waals surface area contributed by atoms with Crippen molar-refractivity contribution in [1.29, 1.82) is 0 Å². The molecule has 1 unspecified atom stereocenters. The number of esters is 2. The van der Waals surface area contributed by atoms with Crippen LogP contribution in [0.3, 0.4) is 0 Å². The topological polar surface area (TPSA) is 52.6 Å². The maximum Gasteiger partial charge on any atom is 0.316 e. The fourth-order valence-corrected chi connectivity index (χ4v) is 5.13. The highest BCUT2D eigenvalue weighted by molar-refractivity contribution is 9.10. The third-order valence-corrected chi connectivity index (χ3v) is 7.59.